The smallest absolute Gasteiger partial charge is 0.408 e. The first-order valence-corrected chi connectivity index (χ1v) is 9.31. The van der Waals surface area contributed by atoms with Gasteiger partial charge in [0.05, 0.1) is 7.11 Å². The molecule has 0 aliphatic heterocycles. The Bertz CT molecular complexity index is 875. The SMILES string of the molecule is COc1cccc(C23CC(C(NC(=O)OCc4ccccc4)C(=O)O)(C2)C3)c1. The highest BCUT2D eigenvalue weighted by atomic mass is 16.5. The molecule has 0 spiro atoms. The molecule has 6 nitrogen and oxygen atoms in total. The number of alkyl carbamates (subject to hydrolysis) is 1. The summed E-state index contributed by atoms with van der Waals surface area (Å²) in [6.45, 7) is 0.111. The summed E-state index contributed by atoms with van der Waals surface area (Å²) in [5, 5.41) is 12.3. The van der Waals surface area contributed by atoms with E-state index in [0.29, 0.717) is 0 Å². The Labute approximate surface area is 163 Å². The van der Waals surface area contributed by atoms with Gasteiger partial charge in [0, 0.05) is 5.41 Å². The Morgan fingerprint density at radius 3 is 2.46 bits per heavy atom. The van der Waals surface area contributed by atoms with Crippen molar-refractivity contribution < 1.29 is 24.2 Å². The van der Waals surface area contributed by atoms with Crippen molar-refractivity contribution in [2.75, 3.05) is 7.11 Å². The molecule has 3 aliphatic rings. The Morgan fingerprint density at radius 2 is 1.82 bits per heavy atom. The van der Waals surface area contributed by atoms with E-state index in [0.717, 1.165) is 30.6 Å². The van der Waals surface area contributed by atoms with Gasteiger partial charge in [-0.15, -0.1) is 0 Å². The van der Waals surface area contributed by atoms with Gasteiger partial charge in [0.1, 0.15) is 18.4 Å². The standard InChI is InChI=1S/C22H23NO5/c1-27-17-9-5-8-16(10-17)21-12-22(13-21,14-21)18(19(24)25)23-20(26)28-11-15-6-3-2-4-7-15/h2-10,18H,11-14H2,1H3,(H,23,26)(H,24,25). The molecule has 3 aliphatic carbocycles. The Kier molecular flexibility index (Phi) is 4.49. The first kappa shape index (κ1) is 18.3. The summed E-state index contributed by atoms with van der Waals surface area (Å²) in [6.07, 6.45) is 1.52. The third kappa shape index (κ3) is 3.09. The zero-order valence-electron chi connectivity index (χ0n) is 15.7. The van der Waals surface area contributed by atoms with E-state index in [2.05, 4.69) is 11.4 Å². The molecule has 28 heavy (non-hydrogen) atoms. The number of aliphatic carboxylic acids is 1. The normalized spacial score (nSPS) is 25.6. The van der Waals surface area contributed by atoms with Crippen molar-refractivity contribution in [3.05, 3.63) is 65.7 Å². The Balaban J connectivity index is 1.37. The van der Waals surface area contributed by atoms with Crippen molar-refractivity contribution in [2.45, 2.75) is 37.3 Å². The largest absolute Gasteiger partial charge is 0.497 e. The molecule has 1 amide bonds. The Hall–Kier alpha value is -3.02. The number of benzene rings is 2. The number of nitrogens with one attached hydrogen (secondary N) is 1. The monoisotopic (exact) mass is 381 g/mol. The van der Waals surface area contributed by atoms with Gasteiger partial charge in [-0.1, -0.05) is 42.5 Å². The predicted molar refractivity (Wildman–Crippen MR) is 102 cm³/mol. The van der Waals surface area contributed by atoms with E-state index in [-0.39, 0.29) is 12.0 Å². The third-order valence-corrected chi connectivity index (χ3v) is 6.09. The van der Waals surface area contributed by atoms with Gasteiger partial charge >= 0.3 is 12.1 Å². The van der Waals surface area contributed by atoms with Crippen molar-refractivity contribution in [3.8, 4) is 5.75 Å². The van der Waals surface area contributed by atoms with E-state index in [1.54, 1.807) is 7.11 Å². The van der Waals surface area contributed by atoms with Crippen LogP contribution in [0.15, 0.2) is 54.6 Å². The van der Waals surface area contributed by atoms with E-state index in [4.69, 9.17) is 9.47 Å². The lowest BCUT2D eigenvalue weighted by atomic mass is 9.31. The van der Waals surface area contributed by atoms with Crippen LogP contribution < -0.4 is 10.1 Å². The average Bonchev–Trinajstić information content (AvgIpc) is 2.64. The summed E-state index contributed by atoms with van der Waals surface area (Å²) < 4.78 is 10.5. The molecule has 2 N–H and O–H groups in total. The predicted octanol–water partition coefficient (Wildman–Crippen LogP) is 3.50. The molecule has 1 atom stereocenters. The van der Waals surface area contributed by atoms with Crippen molar-refractivity contribution in [2.24, 2.45) is 5.41 Å². The molecular weight excluding hydrogens is 358 g/mol. The number of carbonyl (C=O) groups excluding carboxylic acids is 1. The molecule has 6 heteroatoms. The number of hydrogen-bond donors (Lipinski definition) is 2. The highest BCUT2D eigenvalue weighted by molar-refractivity contribution is 5.82. The van der Waals surface area contributed by atoms with Crippen LogP contribution in [0, 0.1) is 5.41 Å². The van der Waals surface area contributed by atoms with Gasteiger partial charge in [0.2, 0.25) is 0 Å². The van der Waals surface area contributed by atoms with Crippen molar-refractivity contribution in [1.82, 2.24) is 5.32 Å². The molecule has 2 bridgehead atoms. The summed E-state index contributed by atoms with van der Waals surface area (Å²) in [5.74, 6) is -0.218. The fraction of sp³-hybridized carbons (Fsp3) is 0.364. The maximum Gasteiger partial charge on any atom is 0.408 e. The maximum absolute atomic E-state index is 12.2. The number of carbonyl (C=O) groups is 2. The third-order valence-electron chi connectivity index (χ3n) is 6.09. The van der Waals surface area contributed by atoms with E-state index < -0.39 is 23.5 Å². The zero-order chi connectivity index (χ0) is 19.8. The molecule has 0 saturated heterocycles. The van der Waals surface area contributed by atoms with Crippen LogP contribution in [0.2, 0.25) is 0 Å². The lowest BCUT2D eigenvalue weighted by Crippen LogP contribution is -2.73. The van der Waals surface area contributed by atoms with E-state index in [9.17, 15) is 14.7 Å². The fourth-order valence-electron chi connectivity index (χ4n) is 4.79. The van der Waals surface area contributed by atoms with Crippen molar-refractivity contribution >= 4 is 12.1 Å². The molecule has 146 valence electrons. The van der Waals surface area contributed by atoms with E-state index in [1.807, 2.05) is 48.5 Å². The summed E-state index contributed by atoms with van der Waals surface area (Å²) in [7, 11) is 1.63. The lowest BCUT2D eigenvalue weighted by molar-refractivity contribution is -0.183. The zero-order valence-corrected chi connectivity index (χ0v) is 15.7. The van der Waals surface area contributed by atoms with Gasteiger partial charge in [0.25, 0.3) is 0 Å². The second-order valence-corrected chi connectivity index (χ2v) is 7.88. The van der Waals surface area contributed by atoms with Gasteiger partial charge in [-0.2, -0.15) is 0 Å². The van der Waals surface area contributed by atoms with Gasteiger partial charge in [0.15, 0.2) is 0 Å². The van der Waals surface area contributed by atoms with Crippen LogP contribution in [0.3, 0.4) is 0 Å². The van der Waals surface area contributed by atoms with Crippen LogP contribution in [0.1, 0.15) is 30.4 Å². The topological polar surface area (TPSA) is 84.9 Å². The maximum atomic E-state index is 12.2. The van der Waals surface area contributed by atoms with Crippen LogP contribution in [0.25, 0.3) is 0 Å². The summed E-state index contributed by atoms with van der Waals surface area (Å²) >= 11 is 0. The Morgan fingerprint density at radius 1 is 1.11 bits per heavy atom. The average molecular weight is 381 g/mol. The number of methoxy groups -OCH3 is 1. The fourth-order valence-corrected chi connectivity index (χ4v) is 4.79. The molecule has 3 fully saturated rings. The van der Waals surface area contributed by atoms with Crippen LogP contribution in [-0.4, -0.2) is 30.3 Å². The molecule has 1 unspecified atom stereocenters. The molecule has 3 saturated carbocycles. The molecule has 0 heterocycles. The summed E-state index contributed by atoms with van der Waals surface area (Å²) in [5.41, 5.74) is 1.62. The molecule has 5 rings (SSSR count). The minimum absolute atomic E-state index is 0.00212. The number of amides is 1. The molecular formula is C22H23NO5. The number of rotatable bonds is 7. The second kappa shape index (κ2) is 6.86. The van der Waals surface area contributed by atoms with Crippen molar-refractivity contribution in [3.63, 3.8) is 0 Å². The van der Waals surface area contributed by atoms with Crippen LogP contribution in [0.4, 0.5) is 4.79 Å². The van der Waals surface area contributed by atoms with E-state index >= 15 is 0 Å². The van der Waals surface area contributed by atoms with Gasteiger partial charge in [-0.05, 0) is 47.9 Å². The van der Waals surface area contributed by atoms with Gasteiger partial charge in [-0.3, -0.25) is 0 Å². The first-order valence-electron chi connectivity index (χ1n) is 9.31. The first-order chi connectivity index (χ1) is 13.5. The van der Waals surface area contributed by atoms with Crippen LogP contribution >= 0.6 is 0 Å². The number of carboxylic acid groups (broad SMARTS) is 1. The molecule has 2 aromatic carbocycles. The highest BCUT2D eigenvalue weighted by Crippen LogP contribution is 2.75. The van der Waals surface area contributed by atoms with Crippen LogP contribution in [-0.2, 0) is 21.6 Å². The van der Waals surface area contributed by atoms with E-state index in [1.165, 1.54) is 5.56 Å². The molecule has 0 radical (unpaired) electrons. The number of hydrogen-bond acceptors (Lipinski definition) is 4. The van der Waals surface area contributed by atoms with Gasteiger partial charge < -0.3 is 19.9 Å². The summed E-state index contributed by atoms with van der Waals surface area (Å²) in [6, 6.07) is 16.3. The minimum Gasteiger partial charge on any atom is -0.497 e. The number of carboxylic acids is 1. The lowest BCUT2D eigenvalue weighted by Gasteiger charge is -2.72. The summed E-state index contributed by atoms with van der Waals surface area (Å²) in [4.78, 5) is 24.0. The molecule has 0 aromatic heterocycles. The quantitative estimate of drug-likeness (QED) is 0.767. The highest BCUT2D eigenvalue weighted by Gasteiger charge is 2.72. The van der Waals surface area contributed by atoms with Crippen molar-refractivity contribution in [1.29, 1.82) is 0 Å². The molecule has 2 aromatic rings. The minimum atomic E-state index is -1.02. The second-order valence-electron chi connectivity index (χ2n) is 7.88. The van der Waals surface area contributed by atoms with Crippen LogP contribution in [0.5, 0.6) is 5.75 Å². The van der Waals surface area contributed by atoms with Gasteiger partial charge in [-0.25, -0.2) is 9.59 Å². The number of ether oxygens (including phenoxy) is 2.